The number of rotatable bonds is 7. The van der Waals surface area contributed by atoms with E-state index in [4.69, 9.17) is 13.9 Å². The average molecular weight is 391 g/mol. The molecule has 2 fully saturated rings. The van der Waals surface area contributed by atoms with Crippen LogP contribution >= 0.6 is 11.3 Å². The minimum absolute atomic E-state index is 0.00321. The summed E-state index contributed by atoms with van der Waals surface area (Å²) in [4.78, 5) is 19.4. The number of ether oxygens (including phenoxy) is 2. The number of furan rings is 1. The molecule has 27 heavy (non-hydrogen) atoms. The van der Waals surface area contributed by atoms with Crippen LogP contribution < -0.4 is 5.32 Å². The first-order chi connectivity index (χ1) is 13.3. The summed E-state index contributed by atoms with van der Waals surface area (Å²) in [5.74, 6) is 1.21. The SMILES string of the molecule is O=C(Cc1csc(-c2ccco2)n1)NC[C@@H]([C@@H]1CCOC1)N1CCOCC1. The minimum atomic E-state index is 0.00321. The molecule has 2 aliphatic rings. The van der Waals surface area contributed by atoms with Crippen molar-refractivity contribution in [1.82, 2.24) is 15.2 Å². The number of hydrogen-bond acceptors (Lipinski definition) is 7. The fraction of sp³-hybridized carbons (Fsp3) is 0.579. The molecule has 2 aromatic rings. The Hall–Kier alpha value is -1.74. The number of aromatic nitrogens is 1. The van der Waals surface area contributed by atoms with E-state index in [1.165, 1.54) is 11.3 Å². The summed E-state index contributed by atoms with van der Waals surface area (Å²) in [6.07, 6.45) is 2.96. The van der Waals surface area contributed by atoms with Crippen LogP contribution in [0, 0.1) is 5.92 Å². The fourth-order valence-corrected chi connectivity index (χ4v) is 4.49. The van der Waals surface area contributed by atoms with Crippen molar-refractivity contribution in [3.05, 3.63) is 29.5 Å². The molecule has 0 spiro atoms. The summed E-state index contributed by atoms with van der Waals surface area (Å²) in [5, 5.41) is 5.83. The van der Waals surface area contributed by atoms with Crippen molar-refractivity contribution in [2.75, 3.05) is 46.1 Å². The number of carbonyl (C=O) groups is 1. The van der Waals surface area contributed by atoms with E-state index in [1.54, 1.807) is 6.26 Å². The summed E-state index contributed by atoms with van der Waals surface area (Å²) >= 11 is 1.49. The Bertz CT molecular complexity index is 721. The van der Waals surface area contributed by atoms with E-state index >= 15 is 0 Å². The Balaban J connectivity index is 1.32. The molecule has 0 aromatic carbocycles. The van der Waals surface area contributed by atoms with Crippen LogP contribution in [0.3, 0.4) is 0 Å². The van der Waals surface area contributed by atoms with Crippen LogP contribution in [0.2, 0.25) is 0 Å². The highest BCUT2D eigenvalue weighted by molar-refractivity contribution is 7.13. The third-order valence-electron chi connectivity index (χ3n) is 5.16. The number of hydrogen-bond donors (Lipinski definition) is 1. The number of nitrogens with zero attached hydrogens (tertiary/aromatic N) is 2. The molecule has 4 rings (SSSR count). The second kappa shape index (κ2) is 8.97. The maximum absolute atomic E-state index is 12.5. The van der Waals surface area contributed by atoms with Gasteiger partial charge >= 0.3 is 0 Å². The second-order valence-electron chi connectivity index (χ2n) is 6.94. The molecule has 0 radical (unpaired) electrons. The van der Waals surface area contributed by atoms with Crippen LogP contribution in [-0.4, -0.2) is 67.9 Å². The lowest BCUT2D eigenvalue weighted by atomic mass is 9.97. The monoisotopic (exact) mass is 391 g/mol. The Morgan fingerprint density at radius 3 is 2.96 bits per heavy atom. The van der Waals surface area contributed by atoms with Gasteiger partial charge in [0.15, 0.2) is 10.8 Å². The zero-order valence-electron chi connectivity index (χ0n) is 15.3. The molecule has 1 amide bonds. The predicted molar refractivity (Wildman–Crippen MR) is 102 cm³/mol. The molecule has 2 aromatic heterocycles. The van der Waals surface area contributed by atoms with Gasteiger partial charge in [0.2, 0.25) is 5.91 Å². The van der Waals surface area contributed by atoms with E-state index in [0.717, 1.165) is 62.4 Å². The number of nitrogens with one attached hydrogen (secondary N) is 1. The Labute approximate surface area is 162 Å². The lowest BCUT2D eigenvalue weighted by molar-refractivity contribution is -0.121. The fourth-order valence-electron chi connectivity index (χ4n) is 3.71. The highest BCUT2D eigenvalue weighted by atomic mass is 32.1. The molecular weight excluding hydrogens is 366 g/mol. The van der Waals surface area contributed by atoms with Crippen molar-refractivity contribution in [2.24, 2.45) is 5.92 Å². The molecule has 4 heterocycles. The third-order valence-corrected chi connectivity index (χ3v) is 6.06. The average Bonchev–Trinajstić information content (AvgIpc) is 3.45. The lowest BCUT2D eigenvalue weighted by Gasteiger charge is -2.37. The van der Waals surface area contributed by atoms with Crippen molar-refractivity contribution in [2.45, 2.75) is 18.9 Å². The lowest BCUT2D eigenvalue weighted by Crippen LogP contribution is -2.52. The number of amides is 1. The van der Waals surface area contributed by atoms with E-state index in [1.807, 2.05) is 17.5 Å². The highest BCUT2D eigenvalue weighted by Gasteiger charge is 2.31. The van der Waals surface area contributed by atoms with Crippen molar-refractivity contribution >= 4 is 17.2 Å². The van der Waals surface area contributed by atoms with E-state index in [-0.39, 0.29) is 12.3 Å². The van der Waals surface area contributed by atoms with E-state index in [2.05, 4.69) is 15.2 Å². The van der Waals surface area contributed by atoms with Gasteiger partial charge in [-0.3, -0.25) is 9.69 Å². The molecule has 146 valence electrons. The Kier molecular flexibility index (Phi) is 6.18. The zero-order chi connectivity index (χ0) is 18.5. The van der Waals surface area contributed by atoms with Gasteiger partial charge in [-0.15, -0.1) is 11.3 Å². The van der Waals surface area contributed by atoms with Gasteiger partial charge in [0.1, 0.15) is 0 Å². The molecule has 7 nitrogen and oxygen atoms in total. The molecule has 0 saturated carbocycles. The van der Waals surface area contributed by atoms with E-state index in [0.29, 0.717) is 18.5 Å². The molecule has 0 unspecified atom stereocenters. The van der Waals surface area contributed by atoms with Crippen molar-refractivity contribution in [1.29, 1.82) is 0 Å². The van der Waals surface area contributed by atoms with Gasteiger partial charge in [-0.05, 0) is 18.6 Å². The van der Waals surface area contributed by atoms with Gasteiger partial charge in [-0.1, -0.05) is 0 Å². The van der Waals surface area contributed by atoms with Gasteiger partial charge in [0.25, 0.3) is 0 Å². The molecule has 0 aliphatic carbocycles. The van der Waals surface area contributed by atoms with Crippen LogP contribution in [0.1, 0.15) is 12.1 Å². The number of carbonyl (C=O) groups excluding carboxylic acids is 1. The zero-order valence-corrected chi connectivity index (χ0v) is 16.1. The summed E-state index contributed by atoms with van der Waals surface area (Å²) in [5.41, 5.74) is 0.774. The van der Waals surface area contributed by atoms with Crippen LogP contribution in [0.25, 0.3) is 10.8 Å². The summed E-state index contributed by atoms with van der Waals surface area (Å²) in [6.45, 7) is 5.57. The predicted octanol–water partition coefficient (Wildman–Crippen LogP) is 1.80. The van der Waals surface area contributed by atoms with Gasteiger partial charge in [-0.2, -0.15) is 0 Å². The molecule has 0 bridgehead atoms. The van der Waals surface area contributed by atoms with E-state index < -0.39 is 0 Å². The van der Waals surface area contributed by atoms with Crippen LogP contribution in [0.15, 0.2) is 28.2 Å². The summed E-state index contributed by atoms with van der Waals surface area (Å²) in [6, 6.07) is 4.01. The maximum atomic E-state index is 12.5. The van der Waals surface area contributed by atoms with Crippen molar-refractivity contribution < 1.29 is 18.7 Å². The smallest absolute Gasteiger partial charge is 0.226 e. The normalized spacial score (nSPS) is 22.0. The van der Waals surface area contributed by atoms with Crippen molar-refractivity contribution in [3.63, 3.8) is 0 Å². The first-order valence-electron chi connectivity index (χ1n) is 9.44. The Morgan fingerprint density at radius 1 is 1.33 bits per heavy atom. The van der Waals surface area contributed by atoms with Gasteiger partial charge in [0.05, 0.1) is 38.2 Å². The minimum Gasteiger partial charge on any atom is -0.462 e. The maximum Gasteiger partial charge on any atom is 0.226 e. The topological polar surface area (TPSA) is 76.8 Å². The third kappa shape index (κ3) is 4.76. The summed E-state index contributed by atoms with van der Waals surface area (Å²) < 4.78 is 16.4. The quantitative estimate of drug-likeness (QED) is 0.776. The molecule has 1 N–H and O–H groups in total. The molecule has 2 saturated heterocycles. The number of thiazole rings is 1. The van der Waals surface area contributed by atoms with Gasteiger partial charge in [0, 0.05) is 43.6 Å². The summed E-state index contributed by atoms with van der Waals surface area (Å²) in [7, 11) is 0. The molecule has 2 aliphatic heterocycles. The van der Waals surface area contributed by atoms with Crippen LogP contribution in [0.4, 0.5) is 0 Å². The standard InChI is InChI=1S/C19H25N3O4S/c23-18(10-15-13-27-19(21-15)17-2-1-6-26-17)20-11-16(14-3-7-25-12-14)22-4-8-24-9-5-22/h1-2,6,13-14,16H,3-5,7-12H2,(H,20,23)/t14-,16+/m1/s1. The van der Waals surface area contributed by atoms with E-state index in [9.17, 15) is 4.79 Å². The first kappa shape index (κ1) is 18.6. The number of morpholine rings is 1. The molecule has 8 heteroatoms. The second-order valence-corrected chi connectivity index (χ2v) is 7.80. The highest BCUT2D eigenvalue weighted by Crippen LogP contribution is 2.24. The molecule has 2 atom stereocenters. The van der Waals surface area contributed by atoms with Crippen LogP contribution in [-0.2, 0) is 20.7 Å². The molecular formula is C19H25N3O4S. The van der Waals surface area contributed by atoms with Crippen molar-refractivity contribution in [3.8, 4) is 10.8 Å². The van der Waals surface area contributed by atoms with Gasteiger partial charge < -0.3 is 19.2 Å². The first-order valence-corrected chi connectivity index (χ1v) is 10.3. The van der Waals surface area contributed by atoms with Crippen LogP contribution in [0.5, 0.6) is 0 Å². The largest absolute Gasteiger partial charge is 0.462 e. The Morgan fingerprint density at radius 2 is 2.22 bits per heavy atom. The van der Waals surface area contributed by atoms with Gasteiger partial charge in [-0.25, -0.2) is 4.98 Å².